The molecular weight excluding hydrogens is 235 g/mol. The van der Waals surface area contributed by atoms with Crippen molar-refractivity contribution in [2.24, 2.45) is 0 Å². The van der Waals surface area contributed by atoms with Crippen LogP contribution in [0.25, 0.3) is 0 Å². The van der Waals surface area contributed by atoms with Gasteiger partial charge in [-0.1, -0.05) is 6.07 Å². The fourth-order valence-corrected chi connectivity index (χ4v) is 1.34. The van der Waals surface area contributed by atoms with Crippen LogP contribution in [-0.2, 0) is 4.79 Å². The number of aryl methyl sites for hydroxylation is 1. The van der Waals surface area contributed by atoms with Crippen molar-refractivity contribution in [2.45, 2.75) is 20.0 Å². The van der Waals surface area contributed by atoms with Crippen LogP contribution in [0, 0.1) is 13.8 Å². The number of nitrogens with one attached hydrogen (secondary N) is 1. The zero-order chi connectivity index (χ0) is 13.2. The molecule has 0 spiro atoms. The molecule has 1 aromatic carbocycles. The number of anilines is 1. The summed E-state index contributed by atoms with van der Waals surface area (Å²) in [5.41, 5.74) is 1.57. The van der Waals surface area contributed by atoms with Crippen molar-refractivity contribution in [3.8, 4) is 5.75 Å². The number of rotatable bonds is 2. The second-order valence-corrected chi connectivity index (χ2v) is 3.54. The quantitative estimate of drug-likeness (QED) is 0.872. The zero-order valence-corrected chi connectivity index (χ0v) is 9.61. The van der Waals surface area contributed by atoms with Gasteiger partial charge >= 0.3 is 12.1 Å². The summed E-state index contributed by atoms with van der Waals surface area (Å²) in [4.78, 5) is 10.8. The Bertz CT molecular complexity index is 441. The minimum absolute atomic E-state index is 0.0120. The molecule has 0 aliphatic carbocycles. The number of hydrogen-bond donors (Lipinski definition) is 1. The molecule has 6 heteroatoms. The molecule has 0 aromatic heterocycles. The van der Waals surface area contributed by atoms with Crippen LogP contribution in [0.2, 0.25) is 0 Å². The van der Waals surface area contributed by atoms with Gasteiger partial charge in [-0.05, 0) is 31.0 Å². The predicted molar refractivity (Wildman–Crippen MR) is 57.2 cm³/mol. The van der Waals surface area contributed by atoms with Crippen LogP contribution in [0.5, 0.6) is 5.75 Å². The molecule has 0 saturated heterocycles. The van der Waals surface area contributed by atoms with Gasteiger partial charge in [-0.3, -0.25) is 4.79 Å². The second kappa shape index (κ2) is 4.65. The first kappa shape index (κ1) is 13.3. The minimum Gasteiger partial charge on any atom is -0.494 e. The van der Waals surface area contributed by atoms with Crippen LogP contribution in [0.15, 0.2) is 12.1 Å². The van der Waals surface area contributed by atoms with Gasteiger partial charge < -0.3 is 10.1 Å². The second-order valence-electron chi connectivity index (χ2n) is 3.54. The van der Waals surface area contributed by atoms with Crippen LogP contribution in [0.1, 0.15) is 11.1 Å². The van der Waals surface area contributed by atoms with Crippen molar-refractivity contribution in [1.82, 2.24) is 0 Å². The maximum Gasteiger partial charge on any atom is 0.471 e. The molecule has 0 aliphatic rings. The number of halogens is 3. The van der Waals surface area contributed by atoms with E-state index in [4.69, 9.17) is 4.74 Å². The van der Waals surface area contributed by atoms with Gasteiger partial charge in [-0.25, -0.2) is 0 Å². The third-order valence-corrected chi connectivity index (χ3v) is 2.39. The molecule has 0 saturated carbocycles. The van der Waals surface area contributed by atoms with E-state index in [0.717, 1.165) is 5.56 Å². The Morgan fingerprint density at radius 3 is 2.35 bits per heavy atom. The van der Waals surface area contributed by atoms with Crippen LogP contribution in [-0.4, -0.2) is 19.2 Å². The van der Waals surface area contributed by atoms with E-state index in [1.54, 1.807) is 25.2 Å². The van der Waals surface area contributed by atoms with Gasteiger partial charge in [-0.2, -0.15) is 13.2 Å². The Morgan fingerprint density at radius 1 is 1.29 bits per heavy atom. The Kier molecular flexibility index (Phi) is 3.65. The van der Waals surface area contributed by atoms with E-state index in [9.17, 15) is 18.0 Å². The maximum atomic E-state index is 12.1. The fourth-order valence-electron chi connectivity index (χ4n) is 1.34. The van der Waals surface area contributed by atoms with E-state index < -0.39 is 12.1 Å². The van der Waals surface area contributed by atoms with Crippen molar-refractivity contribution in [1.29, 1.82) is 0 Å². The molecule has 0 bridgehead atoms. The van der Waals surface area contributed by atoms with E-state index >= 15 is 0 Å². The highest BCUT2D eigenvalue weighted by molar-refractivity contribution is 5.96. The van der Waals surface area contributed by atoms with Crippen molar-refractivity contribution in [3.63, 3.8) is 0 Å². The zero-order valence-electron chi connectivity index (χ0n) is 9.61. The number of hydrogen-bond acceptors (Lipinski definition) is 2. The lowest BCUT2D eigenvalue weighted by Crippen LogP contribution is -2.30. The minimum atomic E-state index is -4.91. The molecule has 17 heavy (non-hydrogen) atoms. The van der Waals surface area contributed by atoms with Crippen molar-refractivity contribution < 1.29 is 22.7 Å². The van der Waals surface area contributed by atoms with E-state index in [-0.39, 0.29) is 11.4 Å². The van der Waals surface area contributed by atoms with Gasteiger partial charge in [0.15, 0.2) is 0 Å². The Balaban J connectivity index is 3.08. The molecule has 0 radical (unpaired) electrons. The molecular formula is C11H12F3NO2. The van der Waals surface area contributed by atoms with E-state index in [1.807, 2.05) is 0 Å². The summed E-state index contributed by atoms with van der Waals surface area (Å²) in [6, 6.07) is 2.99. The molecule has 0 aliphatic heterocycles. The first-order valence-corrected chi connectivity index (χ1v) is 4.79. The molecule has 0 atom stereocenters. The van der Waals surface area contributed by atoms with Crippen LogP contribution >= 0.6 is 0 Å². The first-order chi connectivity index (χ1) is 7.77. The van der Waals surface area contributed by atoms with Gasteiger partial charge in [-0.15, -0.1) is 0 Å². The molecule has 0 unspecified atom stereocenters. The normalized spacial score (nSPS) is 11.2. The number of amides is 1. The Labute approximate surface area is 96.6 Å². The molecule has 3 nitrogen and oxygen atoms in total. The Morgan fingerprint density at radius 2 is 1.88 bits per heavy atom. The van der Waals surface area contributed by atoms with E-state index in [0.29, 0.717) is 5.56 Å². The lowest BCUT2D eigenvalue weighted by Gasteiger charge is -2.15. The summed E-state index contributed by atoms with van der Waals surface area (Å²) in [5.74, 6) is -1.78. The van der Waals surface area contributed by atoms with Gasteiger partial charge in [0.2, 0.25) is 0 Å². The number of carbonyl (C=O) groups excluding carboxylic acids is 1. The summed E-state index contributed by atoms with van der Waals surface area (Å²) in [5, 5.41) is 1.78. The van der Waals surface area contributed by atoms with Crippen molar-refractivity contribution in [3.05, 3.63) is 23.3 Å². The highest BCUT2D eigenvalue weighted by Crippen LogP contribution is 2.31. The lowest BCUT2D eigenvalue weighted by molar-refractivity contribution is -0.167. The number of benzene rings is 1. The molecule has 1 aromatic rings. The molecule has 0 fully saturated rings. The number of methoxy groups -OCH3 is 1. The van der Waals surface area contributed by atoms with Crippen molar-refractivity contribution >= 4 is 11.6 Å². The molecule has 0 heterocycles. The SMILES string of the molecule is COc1c(NC(=O)C(F)(F)F)ccc(C)c1C. The summed E-state index contributed by atoms with van der Waals surface area (Å²) >= 11 is 0. The predicted octanol–water partition coefficient (Wildman–Crippen LogP) is 2.81. The highest BCUT2D eigenvalue weighted by Gasteiger charge is 2.39. The maximum absolute atomic E-state index is 12.1. The lowest BCUT2D eigenvalue weighted by atomic mass is 10.1. The number of ether oxygens (including phenoxy) is 1. The number of carbonyl (C=O) groups is 1. The van der Waals surface area contributed by atoms with Gasteiger partial charge in [0, 0.05) is 0 Å². The van der Waals surface area contributed by atoms with Crippen LogP contribution in [0.4, 0.5) is 18.9 Å². The third kappa shape index (κ3) is 2.89. The van der Waals surface area contributed by atoms with E-state index in [1.165, 1.54) is 13.2 Å². The Hall–Kier alpha value is -1.72. The molecule has 1 amide bonds. The molecule has 94 valence electrons. The van der Waals surface area contributed by atoms with Crippen LogP contribution in [0.3, 0.4) is 0 Å². The highest BCUT2D eigenvalue weighted by atomic mass is 19.4. The number of alkyl halides is 3. The smallest absolute Gasteiger partial charge is 0.471 e. The summed E-state index contributed by atoms with van der Waals surface area (Å²) in [6.07, 6.45) is -4.91. The van der Waals surface area contributed by atoms with Crippen LogP contribution < -0.4 is 10.1 Å². The topological polar surface area (TPSA) is 38.3 Å². The monoisotopic (exact) mass is 247 g/mol. The summed E-state index contributed by atoms with van der Waals surface area (Å²) in [6.45, 7) is 3.50. The fraction of sp³-hybridized carbons (Fsp3) is 0.364. The van der Waals surface area contributed by atoms with Crippen molar-refractivity contribution in [2.75, 3.05) is 12.4 Å². The largest absolute Gasteiger partial charge is 0.494 e. The molecule has 1 rings (SSSR count). The third-order valence-electron chi connectivity index (χ3n) is 2.39. The standard InChI is InChI=1S/C11H12F3NO2/c1-6-4-5-8(9(17-3)7(6)2)15-10(16)11(12,13)14/h4-5H,1-3H3,(H,15,16). The average Bonchev–Trinajstić information content (AvgIpc) is 2.22. The van der Waals surface area contributed by atoms with Gasteiger partial charge in [0.25, 0.3) is 0 Å². The van der Waals surface area contributed by atoms with Gasteiger partial charge in [0.05, 0.1) is 12.8 Å². The first-order valence-electron chi connectivity index (χ1n) is 4.79. The van der Waals surface area contributed by atoms with Gasteiger partial charge in [0.1, 0.15) is 5.75 Å². The van der Waals surface area contributed by atoms with E-state index in [2.05, 4.69) is 0 Å². The summed E-state index contributed by atoms with van der Waals surface area (Å²) < 4.78 is 41.3. The summed E-state index contributed by atoms with van der Waals surface area (Å²) in [7, 11) is 1.34. The molecule has 1 N–H and O–H groups in total. The average molecular weight is 247 g/mol.